The predicted molar refractivity (Wildman–Crippen MR) is 57.2 cm³/mol. The Morgan fingerprint density at radius 3 is 2.71 bits per heavy atom. The molecule has 0 radical (unpaired) electrons. The Labute approximate surface area is 85.8 Å². The van der Waals surface area contributed by atoms with Crippen LogP contribution in [0.2, 0.25) is 0 Å². The molecule has 2 aliphatic heterocycles. The molecule has 2 rings (SSSR count). The van der Waals surface area contributed by atoms with E-state index < -0.39 is 5.60 Å². The van der Waals surface area contributed by atoms with Crippen LogP contribution in [0.1, 0.15) is 19.8 Å². The highest BCUT2D eigenvalue weighted by Crippen LogP contribution is 2.27. The van der Waals surface area contributed by atoms with E-state index in [2.05, 4.69) is 29.3 Å². The van der Waals surface area contributed by atoms with Gasteiger partial charge in [-0.05, 0) is 19.4 Å². The average Bonchev–Trinajstić information content (AvgIpc) is 2.72. The number of nitrogens with one attached hydrogen (secondary N) is 1. The molecule has 3 nitrogen and oxygen atoms in total. The molecule has 0 aliphatic carbocycles. The van der Waals surface area contributed by atoms with Crippen molar-refractivity contribution in [2.45, 2.75) is 31.4 Å². The zero-order valence-electron chi connectivity index (χ0n) is 8.87. The van der Waals surface area contributed by atoms with E-state index in [0.29, 0.717) is 0 Å². The maximum atomic E-state index is 10.4. The molecule has 2 N–H and O–H groups in total. The van der Waals surface area contributed by atoms with Gasteiger partial charge in [-0.1, -0.05) is 19.1 Å². The normalized spacial score (nSPS) is 32.3. The molecule has 0 aromatic rings. The van der Waals surface area contributed by atoms with E-state index in [1.165, 1.54) is 0 Å². The molecule has 14 heavy (non-hydrogen) atoms. The Hall–Kier alpha value is -0.380. The molecule has 0 aromatic heterocycles. The van der Waals surface area contributed by atoms with Gasteiger partial charge < -0.3 is 15.3 Å². The summed E-state index contributed by atoms with van der Waals surface area (Å²) >= 11 is 0. The third kappa shape index (κ3) is 1.85. The van der Waals surface area contributed by atoms with Crippen LogP contribution in [0.3, 0.4) is 0 Å². The van der Waals surface area contributed by atoms with Gasteiger partial charge in [0.15, 0.2) is 0 Å². The molecular formula is C11H20N2O. The van der Waals surface area contributed by atoms with E-state index in [-0.39, 0.29) is 6.04 Å². The topological polar surface area (TPSA) is 35.5 Å². The van der Waals surface area contributed by atoms with Crippen molar-refractivity contribution >= 4 is 0 Å². The Bertz CT molecular complexity index is 219. The molecule has 2 heterocycles. The van der Waals surface area contributed by atoms with Crippen molar-refractivity contribution < 1.29 is 5.11 Å². The van der Waals surface area contributed by atoms with Gasteiger partial charge in [-0.2, -0.15) is 0 Å². The summed E-state index contributed by atoms with van der Waals surface area (Å²) in [5, 5.41) is 13.8. The van der Waals surface area contributed by atoms with Crippen molar-refractivity contribution in [2.24, 2.45) is 0 Å². The summed E-state index contributed by atoms with van der Waals surface area (Å²) in [6.45, 7) is 6.24. The zero-order chi connectivity index (χ0) is 10.0. The van der Waals surface area contributed by atoms with Crippen molar-refractivity contribution in [3.63, 3.8) is 0 Å². The molecule has 1 unspecified atom stereocenters. The van der Waals surface area contributed by atoms with Crippen LogP contribution in [0, 0.1) is 0 Å². The number of aliphatic hydroxyl groups is 1. The van der Waals surface area contributed by atoms with Gasteiger partial charge in [0.2, 0.25) is 0 Å². The number of piperidine rings is 1. The number of hydrogen-bond acceptors (Lipinski definition) is 3. The highest BCUT2D eigenvalue weighted by atomic mass is 16.3. The van der Waals surface area contributed by atoms with Gasteiger partial charge in [0, 0.05) is 19.6 Å². The first-order valence-electron chi connectivity index (χ1n) is 5.59. The van der Waals surface area contributed by atoms with Crippen LogP contribution in [0.4, 0.5) is 0 Å². The first kappa shape index (κ1) is 10.1. The summed E-state index contributed by atoms with van der Waals surface area (Å²) in [6.07, 6.45) is 6.00. The lowest BCUT2D eigenvalue weighted by Gasteiger charge is -2.41. The van der Waals surface area contributed by atoms with E-state index in [1.807, 2.05) is 0 Å². The third-order valence-corrected chi connectivity index (χ3v) is 3.53. The fourth-order valence-corrected chi connectivity index (χ4v) is 2.40. The molecule has 80 valence electrons. The van der Waals surface area contributed by atoms with Crippen LogP contribution in [0.15, 0.2) is 12.2 Å². The smallest absolute Gasteiger partial charge is 0.0860 e. The molecule has 0 spiro atoms. The third-order valence-electron chi connectivity index (χ3n) is 3.53. The maximum Gasteiger partial charge on any atom is 0.0860 e. The van der Waals surface area contributed by atoms with E-state index in [0.717, 1.165) is 39.0 Å². The molecule has 0 aromatic carbocycles. The van der Waals surface area contributed by atoms with Crippen molar-refractivity contribution in [3.8, 4) is 0 Å². The van der Waals surface area contributed by atoms with Gasteiger partial charge in [0.1, 0.15) is 0 Å². The lowest BCUT2D eigenvalue weighted by atomic mass is 9.84. The first-order valence-corrected chi connectivity index (χ1v) is 5.59. The van der Waals surface area contributed by atoms with Crippen LogP contribution >= 0.6 is 0 Å². The average molecular weight is 196 g/mol. The summed E-state index contributed by atoms with van der Waals surface area (Å²) in [5.41, 5.74) is -0.501. The molecule has 3 heteroatoms. The highest BCUT2D eigenvalue weighted by molar-refractivity contribution is 5.12. The van der Waals surface area contributed by atoms with Gasteiger partial charge in [-0.15, -0.1) is 0 Å². The van der Waals surface area contributed by atoms with Crippen molar-refractivity contribution in [2.75, 3.05) is 26.2 Å². The van der Waals surface area contributed by atoms with Crippen LogP contribution in [-0.2, 0) is 0 Å². The second kappa shape index (κ2) is 4.01. The van der Waals surface area contributed by atoms with Gasteiger partial charge in [0.25, 0.3) is 0 Å². The predicted octanol–water partition coefficient (Wildman–Crippen LogP) is 0.361. The van der Waals surface area contributed by atoms with Crippen LogP contribution in [0.5, 0.6) is 0 Å². The number of rotatable bonds is 2. The fourth-order valence-electron chi connectivity index (χ4n) is 2.40. The lowest BCUT2D eigenvalue weighted by Crippen LogP contribution is -2.54. The SMILES string of the molecule is CCN1CCC(O)(C2C=CCN2)CC1. The van der Waals surface area contributed by atoms with Crippen molar-refractivity contribution in [1.29, 1.82) is 0 Å². The maximum absolute atomic E-state index is 10.4. The van der Waals surface area contributed by atoms with Gasteiger partial charge in [-0.3, -0.25) is 0 Å². The van der Waals surface area contributed by atoms with Crippen LogP contribution in [-0.4, -0.2) is 47.8 Å². The minimum absolute atomic E-state index is 0.182. The first-order chi connectivity index (χ1) is 6.74. The van der Waals surface area contributed by atoms with Crippen molar-refractivity contribution in [3.05, 3.63) is 12.2 Å². The second-order valence-electron chi connectivity index (χ2n) is 4.35. The standard InChI is InChI=1S/C11H20N2O/c1-2-13-8-5-11(14,6-9-13)10-4-3-7-12-10/h3-4,10,12,14H,2,5-9H2,1H3. The molecule has 0 amide bonds. The highest BCUT2D eigenvalue weighted by Gasteiger charge is 2.38. The summed E-state index contributed by atoms with van der Waals surface area (Å²) < 4.78 is 0. The minimum Gasteiger partial charge on any atom is -0.388 e. The van der Waals surface area contributed by atoms with Gasteiger partial charge in [0.05, 0.1) is 11.6 Å². The zero-order valence-corrected chi connectivity index (χ0v) is 8.87. The molecule has 2 aliphatic rings. The largest absolute Gasteiger partial charge is 0.388 e. The summed E-state index contributed by atoms with van der Waals surface area (Å²) in [6, 6.07) is 0.182. The fraction of sp³-hybridized carbons (Fsp3) is 0.818. The van der Waals surface area contributed by atoms with Gasteiger partial charge >= 0.3 is 0 Å². The Morgan fingerprint density at radius 2 is 2.21 bits per heavy atom. The summed E-state index contributed by atoms with van der Waals surface area (Å²) in [4.78, 5) is 2.40. The van der Waals surface area contributed by atoms with Crippen LogP contribution in [0.25, 0.3) is 0 Å². The Morgan fingerprint density at radius 1 is 1.50 bits per heavy atom. The molecule has 0 saturated carbocycles. The van der Waals surface area contributed by atoms with Gasteiger partial charge in [-0.25, -0.2) is 0 Å². The number of likely N-dealkylation sites (tertiary alicyclic amines) is 1. The van der Waals surface area contributed by atoms with E-state index in [1.54, 1.807) is 0 Å². The monoisotopic (exact) mass is 196 g/mol. The second-order valence-corrected chi connectivity index (χ2v) is 4.35. The minimum atomic E-state index is -0.501. The lowest BCUT2D eigenvalue weighted by molar-refractivity contribution is -0.0350. The Balaban J connectivity index is 1.94. The molecule has 1 atom stereocenters. The Kier molecular flexibility index (Phi) is 2.91. The van der Waals surface area contributed by atoms with E-state index in [4.69, 9.17) is 0 Å². The molecule has 0 bridgehead atoms. The van der Waals surface area contributed by atoms with E-state index >= 15 is 0 Å². The number of hydrogen-bond donors (Lipinski definition) is 2. The van der Waals surface area contributed by atoms with Crippen molar-refractivity contribution in [1.82, 2.24) is 10.2 Å². The molecular weight excluding hydrogens is 176 g/mol. The van der Waals surface area contributed by atoms with E-state index in [9.17, 15) is 5.11 Å². The van der Waals surface area contributed by atoms with Crippen LogP contribution < -0.4 is 5.32 Å². The summed E-state index contributed by atoms with van der Waals surface area (Å²) in [5.74, 6) is 0. The quantitative estimate of drug-likeness (QED) is 0.626. The molecule has 1 fully saturated rings. The molecule has 1 saturated heterocycles. The summed E-state index contributed by atoms with van der Waals surface area (Å²) in [7, 11) is 0. The number of nitrogens with zero attached hydrogens (tertiary/aromatic N) is 1.